The number of methoxy groups -OCH3 is 1. The van der Waals surface area contributed by atoms with Crippen LogP contribution in [0.1, 0.15) is 16.1 Å². The fourth-order valence-corrected chi connectivity index (χ4v) is 1.52. The molecule has 1 aromatic carbocycles. The quantitative estimate of drug-likeness (QED) is 0.785. The Labute approximate surface area is 102 Å². The Morgan fingerprint density at radius 1 is 1.22 bits per heavy atom. The summed E-state index contributed by atoms with van der Waals surface area (Å²) in [5, 5.41) is 0. The lowest BCUT2D eigenvalue weighted by molar-refractivity contribution is 0.102. The van der Waals surface area contributed by atoms with E-state index in [1.54, 1.807) is 0 Å². The van der Waals surface area contributed by atoms with Crippen LogP contribution in [0.4, 0.5) is 8.78 Å². The zero-order valence-corrected chi connectivity index (χ0v) is 9.48. The van der Waals surface area contributed by atoms with Crippen LogP contribution < -0.4 is 4.74 Å². The number of carbonyl (C=O) groups is 1. The van der Waals surface area contributed by atoms with Crippen molar-refractivity contribution in [3.05, 3.63) is 59.4 Å². The molecular weight excluding hydrogens is 240 g/mol. The van der Waals surface area contributed by atoms with E-state index >= 15 is 0 Å². The van der Waals surface area contributed by atoms with E-state index in [-0.39, 0.29) is 11.3 Å². The molecule has 0 aliphatic carbocycles. The van der Waals surface area contributed by atoms with Gasteiger partial charge in [-0.05, 0) is 24.3 Å². The first-order valence-electron chi connectivity index (χ1n) is 5.13. The highest BCUT2D eigenvalue weighted by Crippen LogP contribution is 2.22. The molecule has 2 rings (SSSR count). The first-order valence-corrected chi connectivity index (χ1v) is 5.13. The lowest BCUT2D eigenvalue weighted by Gasteiger charge is -2.06. The van der Waals surface area contributed by atoms with Crippen molar-refractivity contribution in [1.29, 1.82) is 0 Å². The first kappa shape index (κ1) is 12.2. The van der Waals surface area contributed by atoms with Crippen molar-refractivity contribution in [1.82, 2.24) is 4.98 Å². The summed E-state index contributed by atoms with van der Waals surface area (Å²) in [7, 11) is 1.29. The minimum Gasteiger partial charge on any atom is -0.494 e. The van der Waals surface area contributed by atoms with Crippen molar-refractivity contribution in [3.63, 3.8) is 0 Å². The van der Waals surface area contributed by atoms with E-state index in [4.69, 9.17) is 4.74 Å². The summed E-state index contributed by atoms with van der Waals surface area (Å²) < 4.78 is 32.0. The van der Waals surface area contributed by atoms with E-state index in [1.807, 2.05) is 0 Å². The molecule has 0 spiro atoms. The first-order chi connectivity index (χ1) is 8.65. The fourth-order valence-electron chi connectivity index (χ4n) is 1.52. The molecule has 92 valence electrons. The highest BCUT2D eigenvalue weighted by molar-refractivity contribution is 6.08. The zero-order chi connectivity index (χ0) is 13.1. The summed E-state index contributed by atoms with van der Waals surface area (Å²) in [5.41, 5.74) is -0.684. The molecule has 0 amide bonds. The number of ketones is 1. The molecule has 1 heterocycles. The van der Waals surface area contributed by atoms with E-state index < -0.39 is 23.1 Å². The maximum atomic E-state index is 13.8. The van der Waals surface area contributed by atoms with Crippen LogP contribution in [-0.4, -0.2) is 17.9 Å². The van der Waals surface area contributed by atoms with Crippen LogP contribution in [0.2, 0.25) is 0 Å². The summed E-state index contributed by atoms with van der Waals surface area (Å²) in [6.45, 7) is 0. The average Bonchev–Trinajstić information content (AvgIpc) is 2.39. The van der Waals surface area contributed by atoms with Crippen molar-refractivity contribution in [3.8, 4) is 5.75 Å². The minimum atomic E-state index is -0.824. The van der Waals surface area contributed by atoms with Gasteiger partial charge in [-0.2, -0.15) is 0 Å². The van der Waals surface area contributed by atoms with Crippen molar-refractivity contribution in [2.45, 2.75) is 0 Å². The number of ether oxygens (including phenoxy) is 1. The predicted octanol–water partition coefficient (Wildman–Crippen LogP) is 2.60. The smallest absolute Gasteiger partial charge is 0.217 e. The summed E-state index contributed by atoms with van der Waals surface area (Å²) in [5.74, 6) is -2.50. The third-order valence-electron chi connectivity index (χ3n) is 2.40. The van der Waals surface area contributed by atoms with Crippen molar-refractivity contribution >= 4 is 5.78 Å². The Hall–Kier alpha value is -2.30. The zero-order valence-electron chi connectivity index (χ0n) is 9.48. The lowest BCUT2D eigenvalue weighted by atomic mass is 10.1. The van der Waals surface area contributed by atoms with Gasteiger partial charge < -0.3 is 4.74 Å². The van der Waals surface area contributed by atoms with Crippen LogP contribution in [-0.2, 0) is 0 Å². The third-order valence-corrected chi connectivity index (χ3v) is 2.40. The van der Waals surface area contributed by atoms with Crippen LogP contribution in [0.25, 0.3) is 0 Å². The van der Waals surface area contributed by atoms with Gasteiger partial charge in [-0.3, -0.25) is 4.79 Å². The number of nitrogens with zero attached hydrogens (tertiary/aromatic N) is 1. The van der Waals surface area contributed by atoms with Crippen LogP contribution >= 0.6 is 0 Å². The molecule has 5 heteroatoms. The van der Waals surface area contributed by atoms with Crippen LogP contribution in [0.3, 0.4) is 0 Å². The molecule has 1 aromatic heterocycles. The number of halogens is 2. The van der Waals surface area contributed by atoms with Gasteiger partial charge in [0.15, 0.2) is 17.4 Å². The number of benzene rings is 1. The van der Waals surface area contributed by atoms with E-state index in [2.05, 4.69) is 4.98 Å². The molecule has 2 aromatic rings. The number of carbonyl (C=O) groups excluding carboxylic acids is 1. The molecule has 0 bridgehead atoms. The highest BCUT2D eigenvalue weighted by atomic mass is 19.1. The monoisotopic (exact) mass is 249 g/mol. The molecule has 0 aliphatic rings. The predicted molar refractivity (Wildman–Crippen MR) is 60.6 cm³/mol. The highest BCUT2D eigenvalue weighted by Gasteiger charge is 2.20. The van der Waals surface area contributed by atoms with E-state index in [0.717, 1.165) is 6.07 Å². The Morgan fingerprint density at radius 2 is 2.00 bits per heavy atom. The van der Waals surface area contributed by atoms with Gasteiger partial charge in [0.05, 0.1) is 12.7 Å². The molecule has 18 heavy (non-hydrogen) atoms. The Bertz CT molecular complexity index is 599. The summed E-state index contributed by atoms with van der Waals surface area (Å²) in [6.07, 6.45) is 1.27. The van der Waals surface area contributed by atoms with Crippen LogP contribution in [0, 0.1) is 11.6 Å². The molecule has 0 unspecified atom stereocenters. The van der Waals surface area contributed by atoms with Gasteiger partial charge in [0.1, 0.15) is 5.69 Å². The normalized spacial score (nSPS) is 10.2. The van der Waals surface area contributed by atoms with Crippen molar-refractivity contribution in [2.75, 3.05) is 7.11 Å². The summed E-state index contributed by atoms with van der Waals surface area (Å²) in [6, 6.07) is 6.54. The second-order valence-electron chi connectivity index (χ2n) is 3.48. The molecule has 0 fully saturated rings. The standard InChI is InChI=1S/C13H9F2NO2/c1-18-10-6-2-4-8(11(10)15)13(17)12-9(14)5-3-7-16-12/h2-7H,1H3. The number of hydrogen-bond donors (Lipinski definition) is 0. The second kappa shape index (κ2) is 4.91. The Balaban J connectivity index is 2.50. The maximum Gasteiger partial charge on any atom is 0.217 e. The van der Waals surface area contributed by atoms with Crippen LogP contribution in [0.5, 0.6) is 5.75 Å². The van der Waals surface area contributed by atoms with Gasteiger partial charge in [-0.15, -0.1) is 0 Å². The molecule has 0 saturated carbocycles. The molecule has 0 radical (unpaired) electrons. The van der Waals surface area contributed by atoms with Crippen molar-refractivity contribution < 1.29 is 18.3 Å². The number of aromatic nitrogens is 1. The minimum absolute atomic E-state index is 0.0720. The number of hydrogen-bond acceptors (Lipinski definition) is 3. The summed E-state index contributed by atoms with van der Waals surface area (Å²) in [4.78, 5) is 15.6. The largest absolute Gasteiger partial charge is 0.494 e. The average molecular weight is 249 g/mol. The Morgan fingerprint density at radius 3 is 2.67 bits per heavy atom. The number of rotatable bonds is 3. The van der Waals surface area contributed by atoms with E-state index in [9.17, 15) is 13.6 Å². The second-order valence-corrected chi connectivity index (χ2v) is 3.48. The van der Waals surface area contributed by atoms with E-state index in [1.165, 1.54) is 37.6 Å². The Kier molecular flexibility index (Phi) is 3.32. The molecule has 3 nitrogen and oxygen atoms in total. The van der Waals surface area contributed by atoms with E-state index in [0.29, 0.717) is 0 Å². The van der Waals surface area contributed by atoms with Gasteiger partial charge in [-0.1, -0.05) is 6.07 Å². The van der Waals surface area contributed by atoms with Gasteiger partial charge >= 0.3 is 0 Å². The molecule has 0 N–H and O–H groups in total. The molecule has 0 atom stereocenters. The molecule has 0 saturated heterocycles. The summed E-state index contributed by atoms with van der Waals surface area (Å²) >= 11 is 0. The lowest BCUT2D eigenvalue weighted by Crippen LogP contribution is -2.09. The SMILES string of the molecule is COc1cccc(C(=O)c2ncccc2F)c1F. The third kappa shape index (κ3) is 2.07. The van der Waals surface area contributed by atoms with Gasteiger partial charge in [0.25, 0.3) is 0 Å². The number of pyridine rings is 1. The van der Waals surface area contributed by atoms with Crippen LogP contribution in [0.15, 0.2) is 36.5 Å². The topological polar surface area (TPSA) is 39.2 Å². The maximum absolute atomic E-state index is 13.8. The van der Waals surface area contributed by atoms with Gasteiger partial charge in [0.2, 0.25) is 5.78 Å². The fraction of sp³-hybridized carbons (Fsp3) is 0.0769. The molecular formula is C13H9F2NO2. The van der Waals surface area contributed by atoms with Gasteiger partial charge in [-0.25, -0.2) is 13.8 Å². The van der Waals surface area contributed by atoms with Gasteiger partial charge in [0, 0.05) is 6.20 Å². The molecule has 0 aliphatic heterocycles. The van der Waals surface area contributed by atoms with Crippen molar-refractivity contribution in [2.24, 2.45) is 0 Å².